The van der Waals surface area contributed by atoms with Crippen LogP contribution in [0.3, 0.4) is 0 Å². The van der Waals surface area contributed by atoms with Crippen molar-refractivity contribution < 1.29 is 14.0 Å². The highest BCUT2D eigenvalue weighted by Crippen LogP contribution is 2.16. The number of hydrogen-bond acceptors (Lipinski definition) is 4. The number of fused-ring (bicyclic) bond motifs is 1. The molecule has 8 heteroatoms. The lowest BCUT2D eigenvalue weighted by Crippen LogP contribution is -2.50. The van der Waals surface area contributed by atoms with Crippen LogP contribution in [0.25, 0.3) is 11.1 Å². The largest absolute Gasteiger partial charge is 0.417 e. The van der Waals surface area contributed by atoms with Gasteiger partial charge in [-0.3, -0.25) is 14.6 Å². The molecular formula is C18H18N4O4. The van der Waals surface area contributed by atoms with Crippen molar-refractivity contribution in [2.45, 2.75) is 0 Å². The van der Waals surface area contributed by atoms with E-state index < -0.39 is 5.76 Å². The van der Waals surface area contributed by atoms with Crippen molar-refractivity contribution in [3.63, 3.8) is 0 Å². The standard InChI is InChI=1S/C18H18N4O4/c1-20-5-4-13(11-20)17(24)22-8-6-21(7-9-22)16(23)12-2-3-15-14(10-12)19-18(25)26-15/h2-5,10-11H,6-9H2,1H3,(H,19,25). The number of hydrogen-bond donors (Lipinski definition) is 1. The number of piperazine rings is 1. The molecule has 3 heterocycles. The number of H-pyrrole nitrogens is 1. The number of benzene rings is 1. The highest BCUT2D eigenvalue weighted by atomic mass is 16.4. The van der Waals surface area contributed by atoms with Gasteiger partial charge in [-0.2, -0.15) is 0 Å². The van der Waals surface area contributed by atoms with Crippen LogP contribution in [0.1, 0.15) is 20.7 Å². The Morgan fingerprint density at radius 2 is 1.65 bits per heavy atom. The van der Waals surface area contributed by atoms with Crippen LogP contribution in [0.15, 0.2) is 45.9 Å². The first kappa shape index (κ1) is 16.2. The molecule has 1 aliphatic heterocycles. The molecule has 2 aromatic heterocycles. The Hall–Kier alpha value is -3.29. The second kappa shape index (κ2) is 6.21. The van der Waals surface area contributed by atoms with E-state index >= 15 is 0 Å². The van der Waals surface area contributed by atoms with Gasteiger partial charge in [0.1, 0.15) is 0 Å². The summed E-state index contributed by atoms with van der Waals surface area (Å²) in [5.74, 6) is -0.687. The molecule has 26 heavy (non-hydrogen) atoms. The van der Waals surface area contributed by atoms with Crippen LogP contribution in [0.4, 0.5) is 0 Å². The first-order chi connectivity index (χ1) is 12.5. The third-order valence-corrected chi connectivity index (χ3v) is 4.60. The minimum absolute atomic E-state index is 0.0184. The Morgan fingerprint density at radius 3 is 2.27 bits per heavy atom. The molecule has 0 spiro atoms. The van der Waals surface area contributed by atoms with Gasteiger partial charge in [0.15, 0.2) is 5.58 Å². The van der Waals surface area contributed by atoms with Gasteiger partial charge in [0.05, 0.1) is 11.1 Å². The second-order valence-electron chi connectivity index (χ2n) is 6.38. The molecule has 0 aliphatic carbocycles. The van der Waals surface area contributed by atoms with Crippen LogP contribution in [0.2, 0.25) is 0 Å². The molecule has 1 aliphatic rings. The number of carbonyl (C=O) groups excluding carboxylic acids is 2. The first-order valence-electron chi connectivity index (χ1n) is 8.35. The van der Waals surface area contributed by atoms with Crippen LogP contribution >= 0.6 is 0 Å². The number of oxazole rings is 1. The molecule has 3 aromatic rings. The molecule has 1 fully saturated rings. The van der Waals surface area contributed by atoms with E-state index in [1.54, 1.807) is 40.3 Å². The summed E-state index contributed by atoms with van der Waals surface area (Å²) in [4.78, 5) is 42.4. The van der Waals surface area contributed by atoms with Crippen molar-refractivity contribution in [3.05, 3.63) is 58.3 Å². The minimum atomic E-state index is -0.544. The van der Waals surface area contributed by atoms with Gasteiger partial charge in [0, 0.05) is 51.2 Å². The van der Waals surface area contributed by atoms with Crippen molar-refractivity contribution in [2.75, 3.05) is 26.2 Å². The number of carbonyl (C=O) groups is 2. The van der Waals surface area contributed by atoms with E-state index in [0.717, 1.165) is 0 Å². The quantitative estimate of drug-likeness (QED) is 0.745. The van der Waals surface area contributed by atoms with E-state index in [1.807, 2.05) is 17.8 Å². The second-order valence-corrected chi connectivity index (χ2v) is 6.38. The summed E-state index contributed by atoms with van der Waals surface area (Å²) in [6, 6.07) is 6.66. The molecule has 1 aromatic carbocycles. The maximum Gasteiger partial charge on any atom is 0.417 e. The zero-order chi connectivity index (χ0) is 18.3. The van der Waals surface area contributed by atoms with E-state index in [4.69, 9.17) is 4.42 Å². The molecule has 0 bridgehead atoms. The van der Waals surface area contributed by atoms with E-state index in [-0.39, 0.29) is 11.8 Å². The van der Waals surface area contributed by atoms with Gasteiger partial charge in [0.2, 0.25) is 0 Å². The molecule has 1 N–H and O–H groups in total. The molecule has 134 valence electrons. The molecule has 1 saturated heterocycles. The Morgan fingerprint density at radius 1 is 1.00 bits per heavy atom. The lowest BCUT2D eigenvalue weighted by atomic mass is 10.1. The summed E-state index contributed by atoms with van der Waals surface area (Å²) >= 11 is 0. The Balaban J connectivity index is 1.44. The lowest BCUT2D eigenvalue weighted by molar-refractivity contribution is 0.0535. The SMILES string of the molecule is Cn1ccc(C(=O)N2CCN(C(=O)c3ccc4oc(=O)[nH]c4c3)CC2)c1. The summed E-state index contributed by atoms with van der Waals surface area (Å²) in [5.41, 5.74) is 2.06. The Kier molecular flexibility index (Phi) is 3.87. The van der Waals surface area contributed by atoms with Crippen LogP contribution in [-0.4, -0.2) is 57.3 Å². The molecule has 0 saturated carbocycles. The Labute approximate surface area is 148 Å². The number of rotatable bonds is 2. The number of aromatic amines is 1. The van der Waals surface area contributed by atoms with Gasteiger partial charge >= 0.3 is 5.76 Å². The fourth-order valence-electron chi connectivity index (χ4n) is 3.19. The fraction of sp³-hybridized carbons (Fsp3) is 0.278. The predicted molar refractivity (Wildman–Crippen MR) is 94.1 cm³/mol. The summed E-state index contributed by atoms with van der Waals surface area (Å²) in [6.07, 6.45) is 3.63. The molecule has 4 rings (SSSR count). The molecule has 0 unspecified atom stereocenters. The maximum atomic E-state index is 12.7. The predicted octanol–water partition coefficient (Wildman–Crippen LogP) is 1.06. The first-order valence-corrected chi connectivity index (χ1v) is 8.35. The Bertz CT molecular complexity index is 1040. The maximum absolute atomic E-state index is 12.7. The average Bonchev–Trinajstić information content (AvgIpc) is 3.24. The van der Waals surface area contributed by atoms with Crippen molar-refractivity contribution in [3.8, 4) is 0 Å². The number of aromatic nitrogens is 2. The topological polar surface area (TPSA) is 91.6 Å². The molecular weight excluding hydrogens is 336 g/mol. The summed E-state index contributed by atoms with van der Waals surface area (Å²) in [6.45, 7) is 1.92. The number of nitrogens with one attached hydrogen (secondary N) is 1. The normalized spacial score (nSPS) is 14.8. The van der Waals surface area contributed by atoms with Gasteiger partial charge in [-0.15, -0.1) is 0 Å². The van der Waals surface area contributed by atoms with E-state index in [1.165, 1.54) is 0 Å². The highest BCUT2D eigenvalue weighted by molar-refractivity contribution is 5.97. The van der Waals surface area contributed by atoms with Gasteiger partial charge < -0.3 is 18.8 Å². The van der Waals surface area contributed by atoms with Gasteiger partial charge in [-0.1, -0.05) is 0 Å². The lowest BCUT2D eigenvalue weighted by Gasteiger charge is -2.34. The summed E-state index contributed by atoms with van der Waals surface area (Å²) in [5, 5.41) is 0. The highest BCUT2D eigenvalue weighted by Gasteiger charge is 2.26. The van der Waals surface area contributed by atoms with Crippen molar-refractivity contribution in [1.82, 2.24) is 19.4 Å². The van der Waals surface area contributed by atoms with E-state index in [0.29, 0.717) is 48.4 Å². The molecule has 0 atom stereocenters. The molecule has 0 radical (unpaired) electrons. The summed E-state index contributed by atoms with van der Waals surface area (Å²) in [7, 11) is 1.87. The van der Waals surface area contributed by atoms with Gasteiger partial charge in [0.25, 0.3) is 11.8 Å². The molecule has 8 nitrogen and oxygen atoms in total. The minimum Gasteiger partial charge on any atom is -0.408 e. The van der Waals surface area contributed by atoms with Crippen LogP contribution in [0, 0.1) is 0 Å². The zero-order valence-electron chi connectivity index (χ0n) is 14.3. The number of nitrogens with zero attached hydrogens (tertiary/aromatic N) is 3. The van der Waals surface area contributed by atoms with Crippen molar-refractivity contribution in [1.29, 1.82) is 0 Å². The molecule has 2 amide bonds. The van der Waals surface area contributed by atoms with E-state index in [2.05, 4.69) is 4.98 Å². The van der Waals surface area contributed by atoms with Crippen LogP contribution in [0.5, 0.6) is 0 Å². The third kappa shape index (κ3) is 2.90. The fourth-order valence-corrected chi connectivity index (χ4v) is 3.19. The van der Waals surface area contributed by atoms with Crippen molar-refractivity contribution in [2.24, 2.45) is 7.05 Å². The summed E-state index contributed by atoms with van der Waals surface area (Å²) < 4.78 is 6.79. The smallest absolute Gasteiger partial charge is 0.408 e. The number of aryl methyl sites for hydroxylation is 1. The van der Waals surface area contributed by atoms with Crippen LogP contribution in [-0.2, 0) is 7.05 Å². The average molecular weight is 354 g/mol. The third-order valence-electron chi connectivity index (χ3n) is 4.60. The van der Waals surface area contributed by atoms with Gasteiger partial charge in [-0.05, 0) is 24.3 Å². The van der Waals surface area contributed by atoms with E-state index in [9.17, 15) is 14.4 Å². The van der Waals surface area contributed by atoms with Gasteiger partial charge in [-0.25, -0.2) is 4.79 Å². The number of amides is 2. The van der Waals surface area contributed by atoms with Crippen LogP contribution < -0.4 is 5.76 Å². The monoisotopic (exact) mass is 354 g/mol. The van der Waals surface area contributed by atoms with Crippen molar-refractivity contribution >= 4 is 22.9 Å². The zero-order valence-corrected chi connectivity index (χ0v) is 14.3.